The molecule has 0 aliphatic heterocycles. The third kappa shape index (κ3) is 4.17. The average Bonchev–Trinajstić information content (AvgIpc) is 2.68. The molecule has 3 heteroatoms. The monoisotopic (exact) mass is 236 g/mol. The first-order chi connectivity index (χ1) is 8.19. The van der Waals surface area contributed by atoms with Gasteiger partial charge in [-0.25, -0.2) is 4.79 Å². The van der Waals surface area contributed by atoms with E-state index in [0.29, 0.717) is 6.42 Å². The molecular formula is C14H20O3. The molecule has 0 fully saturated rings. The minimum absolute atomic E-state index is 0.161. The molecule has 1 atom stereocenters. The number of hydrogen-bond acceptors (Lipinski definition) is 3. The van der Waals surface area contributed by atoms with E-state index in [1.165, 1.54) is 13.2 Å². The average molecular weight is 236 g/mol. The predicted molar refractivity (Wildman–Crippen MR) is 66.5 cm³/mol. The van der Waals surface area contributed by atoms with E-state index in [-0.39, 0.29) is 11.7 Å². The van der Waals surface area contributed by atoms with Crippen LogP contribution in [0.15, 0.2) is 23.8 Å². The van der Waals surface area contributed by atoms with Crippen LogP contribution in [0.5, 0.6) is 0 Å². The molecule has 0 amide bonds. The Bertz CT molecular complexity index is 339. The zero-order chi connectivity index (χ0) is 12.7. The smallest absolute Gasteiger partial charge is 0.330 e. The van der Waals surface area contributed by atoms with Gasteiger partial charge in [-0.2, -0.15) is 0 Å². The fraction of sp³-hybridized carbons (Fsp3) is 0.571. The lowest BCUT2D eigenvalue weighted by Gasteiger charge is -2.03. The van der Waals surface area contributed by atoms with Gasteiger partial charge >= 0.3 is 5.97 Å². The maximum Gasteiger partial charge on any atom is 0.330 e. The van der Waals surface area contributed by atoms with Crippen LogP contribution in [-0.4, -0.2) is 18.9 Å². The highest BCUT2D eigenvalue weighted by atomic mass is 16.5. The lowest BCUT2D eigenvalue weighted by Crippen LogP contribution is -2.08. The molecule has 94 valence electrons. The first-order valence-electron chi connectivity index (χ1n) is 6.18. The molecule has 0 spiro atoms. The van der Waals surface area contributed by atoms with Crippen LogP contribution in [0.2, 0.25) is 0 Å². The maximum atomic E-state index is 11.9. The highest BCUT2D eigenvalue weighted by molar-refractivity contribution is 6.01. The van der Waals surface area contributed by atoms with Gasteiger partial charge in [-0.05, 0) is 24.8 Å². The van der Waals surface area contributed by atoms with Gasteiger partial charge < -0.3 is 4.74 Å². The summed E-state index contributed by atoms with van der Waals surface area (Å²) in [7, 11) is 1.33. The number of allylic oxidation sites excluding steroid dienone is 3. The van der Waals surface area contributed by atoms with Crippen molar-refractivity contribution in [3.8, 4) is 0 Å². The van der Waals surface area contributed by atoms with Crippen molar-refractivity contribution in [2.24, 2.45) is 5.92 Å². The molecule has 17 heavy (non-hydrogen) atoms. The highest BCUT2D eigenvalue weighted by Gasteiger charge is 2.24. The molecule has 0 aromatic carbocycles. The SMILES string of the molecule is CCCCCC1=CC[C@@H](/C=C/C(=O)OC)C1=O. The standard InChI is InChI=1S/C14H20O3/c1-3-4-5-6-11-7-8-12(14(11)16)9-10-13(15)17-2/h7,9-10,12H,3-6,8H2,1-2H3/b10-9+/t12-/m0/s1. The number of unbranched alkanes of at least 4 members (excludes halogenated alkanes) is 2. The Labute approximate surface area is 103 Å². The summed E-state index contributed by atoms with van der Waals surface area (Å²) in [5.74, 6) is -0.399. The Hall–Kier alpha value is -1.38. The normalized spacial score (nSPS) is 19.8. The minimum atomic E-state index is -0.405. The molecule has 0 heterocycles. The molecular weight excluding hydrogens is 216 g/mol. The van der Waals surface area contributed by atoms with E-state index >= 15 is 0 Å². The fourth-order valence-electron chi connectivity index (χ4n) is 1.93. The molecule has 0 radical (unpaired) electrons. The molecule has 0 saturated carbocycles. The summed E-state index contributed by atoms with van der Waals surface area (Å²) in [6.07, 6.45) is 9.97. The molecule has 3 nitrogen and oxygen atoms in total. The number of carbonyl (C=O) groups excluding carboxylic acids is 2. The molecule has 0 aromatic rings. The Morgan fingerprint density at radius 2 is 2.29 bits per heavy atom. The quantitative estimate of drug-likeness (QED) is 0.404. The number of esters is 1. The van der Waals surface area contributed by atoms with Crippen LogP contribution in [0.3, 0.4) is 0 Å². The van der Waals surface area contributed by atoms with Crippen molar-refractivity contribution in [1.29, 1.82) is 0 Å². The zero-order valence-corrected chi connectivity index (χ0v) is 10.6. The van der Waals surface area contributed by atoms with Gasteiger partial charge in [0.15, 0.2) is 5.78 Å². The number of carbonyl (C=O) groups is 2. The van der Waals surface area contributed by atoms with Gasteiger partial charge in [-0.3, -0.25) is 4.79 Å². The van der Waals surface area contributed by atoms with Crippen molar-refractivity contribution in [1.82, 2.24) is 0 Å². The molecule has 0 saturated heterocycles. The van der Waals surface area contributed by atoms with E-state index in [9.17, 15) is 9.59 Å². The van der Waals surface area contributed by atoms with E-state index in [1.807, 2.05) is 6.08 Å². The Morgan fingerprint density at radius 1 is 1.53 bits per heavy atom. The lowest BCUT2D eigenvalue weighted by molar-refractivity contribution is -0.134. The summed E-state index contributed by atoms with van der Waals surface area (Å²) in [5.41, 5.74) is 0.929. The molecule has 0 bridgehead atoms. The number of Topliss-reactive ketones (excluding diaryl/α,β-unsaturated/α-hetero) is 1. The number of hydrogen-bond donors (Lipinski definition) is 0. The van der Waals surface area contributed by atoms with Gasteiger partial charge in [-0.1, -0.05) is 31.9 Å². The first-order valence-corrected chi connectivity index (χ1v) is 6.18. The van der Waals surface area contributed by atoms with Crippen LogP contribution < -0.4 is 0 Å². The van der Waals surface area contributed by atoms with Crippen molar-refractivity contribution in [2.75, 3.05) is 7.11 Å². The van der Waals surface area contributed by atoms with Gasteiger partial charge in [-0.15, -0.1) is 0 Å². The van der Waals surface area contributed by atoms with Crippen molar-refractivity contribution in [3.63, 3.8) is 0 Å². The van der Waals surface area contributed by atoms with Crippen LogP contribution in [0.4, 0.5) is 0 Å². The summed E-state index contributed by atoms with van der Waals surface area (Å²) in [6.45, 7) is 2.15. The summed E-state index contributed by atoms with van der Waals surface area (Å²) in [4.78, 5) is 22.9. The number of ketones is 1. The lowest BCUT2D eigenvalue weighted by atomic mass is 10.00. The molecule has 1 rings (SSSR count). The van der Waals surface area contributed by atoms with Crippen molar-refractivity contribution < 1.29 is 14.3 Å². The van der Waals surface area contributed by atoms with Crippen molar-refractivity contribution >= 4 is 11.8 Å². The largest absolute Gasteiger partial charge is 0.466 e. The second-order valence-electron chi connectivity index (χ2n) is 4.28. The number of ether oxygens (including phenoxy) is 1. The first kappa shape index (κ1) is 13.7. The minimum Gasteiger partial charge on any atom is -0.466 e. The second-order valence-corrected chi connectivity index (χ2v) is 4.28. The van der Waals surface area contributed by atoms with Gasteiger partial charge in [0.2, 0.25) is 0 Å². The van der Waals surface area contributed by atoms with Gasteiger partial charge in [0, 0.05) is 12.0 Å². The van der Waals surface area contributed by atoms with E-state index in [4.69, 9.17) is 0 Å². The molecule has 0 N–H and O–H groups in total. The summed E-state index contributed by atoms with van der Waals surface area (Å²) in [5, 5.41) is 0. The van der Waals surface area contributed by atoms with E-state index in [0.717, 1.165) is 31.3 Å². The van der Waals surface area contributed by atoms with E-state index in [1.54, 1.807) is 6.08 Å². The highest BCUT2D eigenvalue weighted by Crippen LogP contribution is 2.26. The molecule has 1 aliphatic rings. The van der Waals surface area contributed by atoms with Crippen molar-refractivity contribution in [2.45, 2.75) is 39.0 Å². The van der Waals surface area contributed by atoms with Crippen LogP contribution in [0.1, 0.15) is 39.0 Å². The second kappa shape index (κ2) is 7.05. The topological polar surface area (TPSA) is 43.4 Å². The number of rotatable bonds is 6. The predicted octanol–water partition coefficient (Wildman–Crippen LogP) is 2.81. The molecule has 1 aliphatic carbocycles. The van der Waals surface area contributed by atoms with Gasteiger partial charge in [0.25, 0.3) is 0 Å². The Kier molecular flexibility index (Phi) is 5.67. The fourth-order valence-corrected chi connectivity index (χ4v) is 1.93. The molecule has 0 aromatic heterocycles. The van der Waals surface area contributed by atoms with Crippen LogP contribution in [0, 0.1) is 5.92 Å². The summed E-state index contributed by atoms with van der Waals surface area (Å²) in [6, 6.07) is 0. The van der Waals surface area contributed by atoms with Gasteiger partial charge in [0.05, 0.1) is 7.11 Å². The Balaban J connectivity index is 2.42. The van der Waals surface area contributed by atoms with E-state index in [2.05, 4.69) is 11.7 Å². The maximum absolute atomic E-state index is 11.9. The zero-order valence-electron chi connectivity index (χ0n) is 10.6. The Morgan fingerprint density at radius 3 is 2.94 bits per heavy atom. The van der Waals surface area contributed by atoms with Crippen molar-refractivity contribution in [3.05, 3.63) is 23.8 Å². The van der Waals surface area contributed by atoms with Crippen LogP contribution in [0.25, 0.3) is 0 Å². The third-order valence-electron chi connectivity index (χ3n) is 2.99. The van der Waals surface area contributed by atoms with Gasteiger partial charge in [0.1, 0.15) is 0 Å². The third-order valence-corrected chi connectivity index (χ3v) is 2.99. The summed E-state index contributed by atoms with van der Waals surface area (Å²) < 4.78 is 4.50. The van der Waals surface area contributed by atoms with Crippen LogP contribution in [-0.2, 0) is 14.3 Å². The van der Waals surface area contributed by atoms with Crippen LogP contribution >= 0.6 is 0 Å². The summed E-state index contributed by atoms with van der Waals surface area (Å²) >= 11 is 0. The number of methoxy groups -OCH3 is 1. The van der Waals surface area contributed by atoms with E-state index < -0.39 is 5.97 Å². The molecule has 0 unspecified atom stereocenters.